The molecule has 0 spiro atoms. The van der Waals surface area contributed by atoms with E-state index in [0.29, 0.717) is 38.4 Å². The van der Waals surface area contributed by atoms with E-state index in [-0.39, 0.29) is 5.91 Å². The monoisotopic (exact) mass is 451 g/mol. The molecule has 10 heteroatoms. The van der Waals surface area contributed by atoms with E-state index in [0.717, 1.165) is 27.6 Å². The zero-order chi connectivity index (χ0) is 22.5. The van der Waals surface area contributed by atoms with Gasteiger partial charge in [0, 0.05) is 60.8 Å². The normalized spacial score (nSPS) is 14.2. The number of carbonyl (C=O) groups excluding carboxylic acids is 2. The number of nitrogens with one attached hydrogen (secondary N) is 2. The Morgan fingerprint density at radius 2 is 2.00 bits per heavy atom. The van der Waals surface area contributed by atoms with Crippen LogP contribution in [0.25, 0.3) is 11.3 Å². The smallest absolute Gasteiger partial charge is 0.314 e. The second-order valence-corrected chi connectivity index (χ2v) is 8.40. The number of nitrogens with zero attached hydrogens (tertiary/aromatic N) is 4. The molecule has 1 aromatic carbocycles. The molecule has 3 aromatic rings. The predicted octanol–water partition coefficient (Wildman–Crippen LogP) is 2.64. The van der Waals surface area contributed by atoms with Crippen molar-refractivity contribution in [3.05, 3.63) is 59.2 Å². The van der Waals surface area contributed by atoms with Crippen LogP contribution in [-0.4, -0.2) is 64.6 Å². The Hall–Kier alpha value is -3.50. The van der Waals surface area contributed by atoms with Crippen LogP contribution in [0.1, 0.15) is 15.9 Å². The molecule has 0 bridgehead atoms. The Labute approximate surface area is 190 Å². The first-order chi connectivity index (χ1) is 15.5. The molecule has 0 atom stereocenters. The number of aromatic nitrogens is 2. The Bertz CT molecular complexity index is 1090. The number of benzene rings is 1. The first kappa shape index (κ1) is 21.7. The summed E-state index contributed by atoms with van der Waals surface area (Å²) in [6.45, 7) is 4.89. The highest BCUT2D eigenvalue weighted by Crippen LogP contribution is 2.28. The lowest BCUT2D eigenvalue weighted by atomic mass is 10.1. The molecule has 1 fully saturated rings. The molecule has 1 aliphatic heterocycles. The van der Waals surface area contributed by atoms with Crippen LogP contribution in [0.2, 0.25) is 0 Å². The summed E-state index contributed by atoms with van der Waals surface area (Å²) in [4.78, 5) is 36.4. The molecule has 1 saturated heterocycles. The second kappa shape index (κ2) is 9.75. The molecular weight excluding hydrogens is 426 g/mol. The Morgan fingerprint density at radius 3 is 2.72 bits per heavy atom. The highest BCUT2D eigenvalue weighted by Gasteiger charge is 2.19. The van der Waals surface area contributed by atoms with Gasteiger partial charge in [-0.15, -0.1) is 11.3 Å². The molecule has 3 heterocycles. The van der Waals surface area contributed by atoms with Gasteiger partial charge in [-0.1, -0.05) is 6.07 Å². The van der Waals surface area contributed by atoms with Crippen LogP contribution < -0.4 is 16.4 Å². The van der Waals surface area contributed by atoms with Gasteiger partial charge in [0.05, 0.1) is 12.4 Å². The van der Waals surface area contributed by atoms with Crippen molar-refractivity contribution in [2.75, 3.05) is 38.2 Å². The highest BCUT2D eigenvalue weighted by molar-refractivity contribution is 7.14. The molecule has 0 saturated carbocycles. The largest absolute Gasteiger partial charge is 0.351 e. The number of hydrogen-bond donors (Lipinski definition) is 3. The molecule has 0 unspecified atom stereocenters. The summed E-state index contributed by atoms with van der Waals surface area (Å²) in [7, 11) is 0. The van der Waals surface area contributed by atoms with Gasteiger partial charge >= 0.3 is 6.03 Å². The number of nitrogens with two attached hydrogens (primary N) is 1. The molecule has 1 aliphatic rings. The van der Waals surface area contributed by atoms with Crippen LogP contribution in [0.5, 0.6) is 0 Å². The van der Waals surface area contributed by atoms with Gasteiger partial charge in [-0.05, 0) is 36.8 Å². The zero-order valence-electron chi connectivity index (χ0n) is 17.7. The number of urea groups is 1. The van der Waals surface area contributed by atoms with Crippen molar-refractivity contribution in [2.24, 2.45) is 5.73 Å². The topological polar surface area (TPSA) is 116 Å². The van der Waals surface area contributed by atoms with E-state index in [1.54, 1.807) is 17.3 Å². The molecule has 9 nitrogen and oxygen atoms in total. The fourth-order valence-electron chi connectivity index (χ4n) is 3.40. The Balaban J connectivity index is 1.37. The number of amides is 3. The molecule has 4 rings (SSSR count). The molecule has 4 N–H and O–H groups in total. The van der Waals surface area contributed by atoms with Gasteiger partial charge in [-0.25, -0.2) is 9.78 Å². The number of thiazole rings is 1. The van der Waals surface area contributed by atoms with Crippen LogP contribution in [-0.2, 0) is 0 Å². The molecule has 0 radical (unpaired) electrons. The average Bonchev–Trinajstić information content (AvgIpc) is 3.28. The van der Waals surface area contributed by atoms with Gasteiger partial charge in [0.1, 0.15) is 0 Å². The van der Waals surface area contributed by atoms with E-state index in [2.05, 4.69) is 25.5 Å². The van der Waals surface area contributed by atoms with Crippen molar-refractivity contribution in [2.45, 2.75) is 6.92 Å². The van der Waals surface area contributed by atoms with Gasteiger partial charge in [0.15, 0.2) is 5.13 Å². The van der Waals surface area contributed by atoms with Crippen LogP contribution in [0, 0.1) is 6.92 Å². The molecule has 2 aromatic heterocycles. The lowest BCUT2D eigenvalue weighted by Gasteiger charge is -2.33. The number of pyridine rings is 1. The van der Waals surface area contributed by atoms with Crippen molar-refractivity contribution < 1.29 is 9.59 Å². The van der Waals surface area contributed by atoms with Crippen molar-refractivity contribution in [1.82, 2.24) is 25.1 Å². The van der Waals surface area contributed by atoms with E-state index in [9.17, 15) is 9.59 Å². The quantitative estimate of drug-likeness (QED) is 0.531. The third kappa shape index (κ3) is 5.21. The number of rotatable bonds is 6. The lowest BCUT2D eigenvalue weighted by molar-refractivity contribution is 0.0890. The number of piperazine rings is 1. The Kier molecular flexibility index (Phi) is 6.62. The Morgan fingerprint density at radius 1 is 1.19 bits per heavy atom. The van der Waals surface area contributed by atoms with Gasteiger partial charge in [-0.2, -0.15) is 0 Å². The third-order valence-corrected chi connectivity index (χ3v) is 6.11. The molecular formula is C22H25N7O2S. The van der Waals surface area contributed by atoms with E-state index < -0.39 is 6.03 Å². The van der Waals surface area contributed by atoms with Gasteiger partial charge in [0.2, 0.25) is 0 Å². The summed E-state index contributed by atoms with van der Waals surface area (Å²) in [5.74, 6) is -0.152. The maximum absolute atomic E-state index is 12.7. The van der Waals surface area contributed by atoms with Gasteiger partial charge in [0.25, 0.3) is 5.91 Å². The van der Waals surface area contributed by atoms with Gasteiger partial charge in [-0.3, -0.25) is 14.7 Å². The molecule has 32 heavy (non-hydrogen) atoms. The van der Waals surface area contributed by atoms with E-state index >= 15 is 0 Å². The molecule has 3 amide bonds. The maximum Gasteiger partial charge on any atom is 0.314 e. The summed E-state index contributed by atoms with van der Waals surface area (Å²) in [6, 6.07) is 9.01. The first-order valence-electron chi connectivity index (χ1n) is 10.3. The zero-order valence-corrected chi connectivity index (χ0v) is 18.6. The second-order valence-electron chi connectivity index (χ2n) is 7.54. The summed E-state index contributed by atoms with van der Waals surface area (Å²) in [6.07, 6.45) is 3.51. The number of carbonyl (C=O) groups is 2. The lowest BCUT2D eigenvalue weighted by Crippen LogP contribution is -2.52. The molecule has 166 valence electrons. The van der Waals surface area contributed by atoms with Crippen molar-refractivity contribution >= 4 is 34.1 Å². The summed E-state index contributed by atoms with van der Waals surface area (Å²) < 4.78 is 0. The summed E-state index contributed by atoms with van der Waals surface area (Å²) in [5.41, 5.74) is 9.54. The SMILES string of the molecule is Cc1ccc(C(=O)NCN2CCN(C(N)=O)CC2)cc1Nc1nc(-c2cccnc2)cs1. The number of primary amides is 1. The van der Waals surface area contributed by atoms with Crippen molar-refractivity contribution in [3.63, 3.8) is 0 Å². The maximum atomic E-state index is 12.7. The highest BCUT2D eigenvalue weighted by atomic mass is 32.1. The predicted molar refractivity (Wildman–Crippen MR) is 125 cm³/mol. The van der Waals surface area contributed by atoms with Crippen molar-refractivity contribution in [1.29, 1.82) is 0 Å². The summed E-state index contributed by atoms with van der Waals surface area (Å²) in [5, 5.41) is 9.00. The van der Waals surface area contributed by atoms with E-state index in [1.165, 1.54) is 11.3 Å². The van der Waals surface area contributed by atoms with Gasteiger partial charge < -0.3 is 21.3 Å². The van der Waals surface area contributed by atoms with Crippen molar-refractivity contribution in [3.8, 4) is 11.3 Å². The first-order valence-corrected chi connectivity index (χ1v) is 11.2. The third-order valence-electron chi connectivity index (χ3n) is 5.35. The van der Waals surface area contributed by atoms with Crippen LogP contribution in [0.3, 0.4) is 0 Å². The fourth-order valence-corrected chi connectivity index (χ4v) is 4.14. The van der Waals surface area contributed by atoms with Crippen LogP contribution in [0.15, 0.2) is 48.1 Å². The average molecular weight is 452 g/mol. The standard InChI is InChI=1S/C22H25N7O2S/c1-15-4-5-16(20(30)25-14-28-7-9-29(10-8-28)21(23)31)11-18(15)26-22-27-19(13-32-22)17-3-2-6-24-12-17/h2-6,11-13H,7-10,14H2,1H3,(H2,23,31)(H,25,30)(H,26,27). The molecule has 0 aliphatic carbocycles. The number of hydrogen-bond acceptors (Lipinski definition) is 7. The van der Waals surface area contributed by atoms with Crippen LogP contribution >= 0.6 is 11.3 Å². The summed E-state index contributed by atoms with van der Waals surface area (Å²) >= 11 is 1.50. The van der Waals surface area contributed by atoms with Crippen LogP contribution in [0.4, 0.5) is 15.6 Å². The minimum absolute atomic E-state index is 0.152. The minimum Gasteiger partial charge on any atom is -0.351 e. The van der Waals surface area contributed by atoms with E-state index in [4.69, 9.17) is 5.73 Å². The fraction of sp³-hybridized carbons (Fsp3) is 0.273. The van der Waals surface area contributed by atoms with E-state index in [1.807, 2.05) is 42.6 Å². The number of anilines is 2. The minimum atomic E-state index is -0.402. The number of aryl methyl sites for hydroxylation is 1.